The fourth-order valence-electron chi connectivity index (χ4n) is 2.01. The van der Waals surface area contributed by atoms with Gasteiger partial charge in [0.25, 0.3) is 5.91 Å². The van der Waals surface area contributed by atoms with E-state index in [-0.39, 0.29) is 37.2 Å². The lowest BCUT2D eigenvalue weighted by molar-refractivity contribution is -0.144. The van der Waals surface area contributed by atoms with Crippen molar-refractivity contribution in [1.29, 1.82) is 0 Å². The fraction of sp³-hybridized carbons (Fsp3) is 0.353. The van der Waals surface area contributed by atoms with Gasteiger partial charge in [0.15, 0.2) is 0 Å². The molecule has 25 heavy (non-hydrogen) atoms. The van der Waals surface area contributed by atoms with Crippen LogP contribution in [0.3, 0.4) is 0 Å². The molecule has 0 atom stereocenters. The van der Waals surface area contributed by atoms with Crippen molar-refractivity contribution in [1.82, 2.24) is 9.80 Å². The van der Waals surface area contributed by atoms with Gasteiger partial charge in [0.05, 0.1) is 11.3 Å². The van der Waals surface area contributed by atoms with Gasteiger partial charge in [0, 0.05) is 13.1 Å². The number of carbonyl (C=O) groups excluding carboxylic acids is 2. The summed E-state index contributed by atoms with van der Waals surface area (Å²) in [6.07, 6.45) is 1.95. The van der Waals surface area contributed by atoms with E-state index in [2.05, 4.69) is 0 Å². The number of thioether (sulfide) groups is 1. The molecule has 0 bridgehead atoms. The average molecular weight is 401 g/mol. The second kappa shape index (κ2) is 10.6. The fourth-order valence-corrected chi connectivity index (χ4v) is 3.32. The number of thiocarbonyl (C=S) groups is 1. The summed E-state index contributed by atoms with van der Waals surface area (Å²) in [5.74, 6) is -0.479. The molecule has 2 rings (SSSR count). The average Bonchev–Trinajstić information content (AvgIpc) is 2.80. The lowest BCUT2D eigenvalue weighted by Gasteiger charge is -2.14. The van der Waals surface area contributed by atoms with Crippen molar-refractivity contribution in [2.24, 2.45) is 0 Å². The third kappa shape index (κ3) is 6.78. The van der Waals surface area contributed by atoms with Crippen molar-refractivity contribution in [2.75, 3.05) is 33.8 Å². The molecule has 1 amide bonds. The lowest BCUT2D eigenvalue weighted by atomic mass is 10.2. The molecule has 1 saturated heterocycles. The Labute approximate surface area is 163 Å². The van der Waals surface area contributed by atoms with Crippen LogP contribution in [0.1, 0.15) is 12.0 Å². The van der Waals surface area contributed by atoms with E-state index in [1.54, 1.807) is 0 Å². The van der Waals surface area contributed by atoms with Crippen molar-refractivity contribution in [3.63, 3.8) is 0 Å². The molecule has 0 N–H and O–H groups in total. The largest absolute Gasteiger partial charge is 0.464 e. The molecular formula is C17H21ClN2O3S2. The topological polar surface area (TPSA) is 49.9 Å². The van der Waals surface area contributed by atoms with E-state index in [9.17, 15) is 9.59 Å². The van der Waals surface area contributed by atoms with Crippen LogP contribution >= 0.6 is 36.4 Å². The molecule has 1 fully saturated rings. The van der Waals surface area contributed by atoms with E-state index >= 15 is 0 Å². The number of esters is 1. The summed E-state index contributed by atoms with van der Waals surface area (Å²) in [7, 11) is 3.82. The Kier molecular flexibility index (Phi) is 9.13. The van der Waals surface area contributed by atoms with Crippen LogP contribution < -0.4 is 0 Å². The van der Waals surface area contributed by atoms with Crippen molar-refractivity contribution in [3.05, 3.63) is 40.8 Å². The minimum atomic E-state index is -0.321. The van der Waals surface area contributed by atoms with Gasteiger partial charge in [-0.3, -0.25) is 14.5 Å². The number of ether oxygens (including phenoxy) is 1. The van der Waals surface area contributed by atoms with Crippen molar-refractivity contribution in [2.45, 2.75) is 6.42 Å². The van der Waals surface area contributed by atoms with E-state index in [1.165, 1.54) is 16.7 Å². The molecule has 1 aliphatic heterocycles. The Morgan fingerprint density at radius 2 is 2.00 bits per heavy atom. The van der Waals surface area contributed by atoms with Gasteiger partial charge in [-0.2, -0.15) is 0 Å². The Morgan fingerprint density at radius 1 is 1.32 bits per heavy atom. The van der Waals surface area contributed by atoms with Crippen LogP contribution in [0, 0.1) is 0 Å². The molecule has 0 radical (unpaired) electrons. The highest BCUT2D eigenvalue weighted by molar-refractivity contribution is 8.26. The smallest absolute Gasteiger partial charge is 0.307 e. The van der Waals surface area contributed by atoms with Crippen molar-refractivity contribution >= 4 is 58.7 Å². The summed E-state index contributed by atoms with van der Waals surface area (Å²) in [5, 5.41) is 0. The van der Waals surface area contributed by atoms with Gasteiger partial charge in [-0.15, -0.1) is 12.4 Å². The van der Waals surface area contributed by atoms with Crippen molar-refractivity contribution < 1.29 is 14.3 Å². The number of likely N-dealkylation sites (N-methyl/N-ethyl adjacent to an activating group) is 1. The van der Waals surface area contributed by atoms with Gasteiger partial charge >= 0.3 is 5.97 Å². The van der Waals surface area contributed by atoms with E-state index in [4.69, 9.17) is 17.0 Å². The minimum absolute atomic E-state index is 0. The first kappa shape index (κ1) is 21.6. The summed E-state index contributed by atoms with van der Waals surface area (Å²) in [4.78, 5) is 28.1. The Morgan fingerprint density at radius 3 is 2.64 bits per heavy atom. The zero-order valence-electron chi connectivity index (χ0n) is 14.1. The number of halogens is 1. The number of hydrogen-bond acceptors (Lipinski definition) is 6. The highest BCUT2D eigenvalue weighted by Gasteiger charge is 2.32. The minimum Gasteiger partial charge on any atom is -0.464 e. The number of carbonyl (C=O) groups is 2. The molecular weight excluding hydrogens is 380 g/mol. The van der Waals surface area contributed by atoms with Crippen LogP contribution in [0.15, 0.2) is 35.2 Å². The van der Waals surface area contributed by atoms with Gasteiger partial charge < -0.3 is 9.64 Å². The number of amides is 1. The molecule has 136 valence electrons. The second-order valence-electron chi connectivity index (χ2n) is 5.52. The molecule has 8 heteroatoms. The van der Waals surface area contributed by atoms with Crippen LogP contribution in [0.4, 0.5) is 0 Å². The van der Waals surface area contributed by atoms with E-state index in [0.29, 0.717) is 22.4 Å². The monoisotopic (exact) mass is 400 g/mol. The Hall–Kier alpha value is -1.41. The quantitative estimate of drug-likeness (QED) is 0.398. The Balaban J connectivity index is 0.00000312. The SMILES string of the molecule is CN(C)CCOC(=O)CCN1C(=O)/C(=C/c2ccccc2)SC1=S.Cl. The molecule has 0 unspecified atom stereocenters. The number of rotatable bonds is 7. The van der Waals surface area contributed by atoms with Gasteiger partial charge in [-0.1, -0.05) is 54.3 Å². The maximum Gasteiger partial charge on any atom is 0.307 e. The van der Waals surface area contributed by atoms with Crippen LogP contribution in [0.25, 0.3) is 6.08 Å². The van der Waals surface area contributed by atoms with Crippen LogP contribution in [0.2, 0.25) is 0 Å². The number of hydrogen-bond donors (Lipinski definition) is 0. The van der Waals surface area contributed by atoms with Crippen LogP contribution in [-0.4, -0.2) is 59.8 Å². The summed E-state index contributed by atoms with van der Waals surface area (Å²) in [5.41, 5.74) is 0.945. The molecule has 0 aromatic heterocycles. The standard InChI is InChI=1S/C17H20N2O3S2.ClH/c1-18(2)10-11-22-15(20)8-9-19-16(21)14(24-17(19)23)12-13-6-4-3-5-7-13;/h3-7,12H,8-11H2,1-2H3;1H/b14-12-;. The molecule has 0 aliphatic carbocycles. The zero-order chi connectivity index (χ0) is 17.5. The van der Waals surface area contributed by atoms with Gasteiger partial charge in [-0.25, -0.2) is 0 Å². The second-order valence-corrected chi connectivity index (χ2v) is 7.19. The number of nitrogens with zero attached hydrogens (tertiary/aromatic N) is 2. The van der Waals surface area contributed by atoms with Gasteiger partial charge in [0.2, 0.25) is 0 Å². The molecule has 1 aromatic carbocycles. The predicted octanol–water partition coefficient (Wildman–Crippen LogP) is 2.80. The molecule has 1 aromatic rings. The van der Waals surface area contributed by atoms with E-state index in [1.807, 2.05) is 55.4 Å². The van der Waals surface area contributed by atoms with Gasteiger partial charge in [-0.05, 0) is 25.7 Å². The first-order valence-corrected chi connectivity index (χ1v) is 8.80. The lowest BCUT2D eigenvalue weighted by Crippen LogP contribution is -2.31. The maximum atomic E-state index is 12.4. The van der Waals surface area contributed by atoms with Crippen LogP contribution in [-0.2, 0) is 14.3 Å². The highest BCUT2D eigenvalue weighted by atomic mass is 35.5. The molecule has 0 spiro atoms. The predicted molar refractivity (Wildman–Crippen MR) is 108 cm³/mol. The summed E-state index contributed by atoms with van der Waals surface area (Å²) >= 11 is 6.51. The van der Waals surface area contributed by atoms with Crippen molar-refractivity contribution in [3.8, 4) is 0 Å². The number of benzene rings is 1. The summed E-state index contributed by atoms with van der Waals surface area (Å²) in [6, 6.07) is 9.60. The third-order valence-corrected chi connectivity index (χ3v) is 4.69. The summed E-state index contributed by atoms with van der Waals surface area (Å²) < 4.78 is 5.60. The van der Waals surface area contributed by atoms with Crippen LogP contribution in [0.5, 0.6) is 0 Å². The Bertz CT molecular complexity index is 651. The third-order valence-electron chi connectivity index (χ3n) is 3.31. The summed E-state index contributed by atoms with van der Waals surface area (Å²) in [6.45, 7) is 1.27. The normalized spacial score (nSPS) is 15.6. The highest BCUT2D eigenvalue weighted by Crippen LogP contribution is 2.32. The van der Waals surface area contributed by atoms with Gasteiger partial charge in [0.1, 0.15) is 10.9 Å². The maximum absolute atomic E-state index is 12.4. The molecule has 0 saturated carbocycles. The molecule has 1 aliphatic rings. The first-order chi connectivity index (χ1) is 11.5. The zero-order valence-corrected chi connectivity index (χ0v) is 16.6. The molecule has 1 heterocycles. The molecule has 5 nitrogen and oxygen atoms in total. The van der Waals surface area contributed by atoms with E-state index in [0.717, 1.165) is 5.56 Å². The first-order valence-electron chi connectivity index (χ1n) is 7.58. The van der Waals surface area contributed by atoms with E-state index < -0.39 is 0 Å².